The van der Waals surface area contributed by atoms with E-state index in [0.29, 0.717) is 18.4 Å². The number of carbonyl (C=O) groups is 4. The molecule has 1 aromatic rings. The van der Waals surface area contributed by atoms with Gasteiger partial charge in [0, 0.05) is 6.04 Å². The molecule has 0 bridgehead atoms. The predicted octanol–water partition coefficient (Wildman–Crippen LogP) is 4.20. The molecule has 0 spiro atoms. The van der Waals surface area contributed by atoms with Crippen molar-refractivity contribution in [3.05, 3.63) is 34.9 Å². The van der Waals surface area contributed by atoms with E-state index in [1.165, 1.54) is 12.0 Å². The fourth-order valence-electron chi connectivity index (χ4n) is 3.82. The molecule has 0 radical (unpaired) electrons. The van der Waals surface area contributed by atoms with Crippen LogP contribution in [0, 0.1) is 19.8 Å². The van der Waals surface area contributed by atoms with Crippen molar-refractivity contribution in [1.82, 2.24) is 15.5 Å². The largest absolute Gasteiger partial charge is 0.468 e. The van der Waals surface area contributed by atoms with Crippen LogP contribution in [0.15, 0.2) is 18.2 Å². The van der Waals surface area contributed by atoms with Crippen LogP contribution in [0.3, 0.4) is 0 Å². The summed E-state index contributed by atoms with van der Waals surface area (Å²) in [5, 5.41) is 5.34. The summed E-state index contributed by atoms with van der Waals surface area (Å²) in [6.07, 6.45) is 0.223. The predicted molar refractivity (Wildman–Crippen MR) is 143 cm³/mol. The number of esters is 1. The van der Waals surface area contributed by atoms with Gasteiger partial charge >= 0.3 is 12.1 Å². The summed E-state index contributed by atoms with van der Waals surface area (Å²) in [6, 6.07) is 3.30. The van der Waals surface area contributed by atoms with E-state index in [2.05, 4.69) is 15.4 Å². The lowest BCUT2D eigenvalue weighted by Gasteiger charge is -2.38. The molecule has 1 rings (SSSR count). The Kier molecular flexibility index (Phi) is 12.1. The second-order valence-corrected chi connectivity index (χ2v) is 10.9. The van der Waals surface area contributed by atoms with Gasteiger partial charge in [-0.1, -0.05) is 39.0 Å². The van der Waals surface area contributed by atoms with Crippen molar-refractivity contribution < 1.29 is 28.7 Å². The molecule has 9 nitrogen and oxygen atoms in total. The van der Waals surface area contributed by atoms with E-state index in [0.717, 1.165) is 11.1 Å². The second-order valence-electron chi connectivity index (χ2n) is 10.9. The molecule has 0 aliphatic carbocycles. The van der Waals surface area contributed by atoms with Crippen molar-refractivity contribution in [2.24, 2.45) is 5.92 Å². The van der Waals surface area contributed by atoms with Crippen molar-refractivity contribution in [3.63, 3.8) is 0 Å². The van der Waals surface area contributed by atoms with Crippen molar-refractivity contribution in [1.29, 1.82) is 0 Å². The van der Waals surface area contributed by atoms with E-state index in [-0.39, 0.29) is 18.5 Å². The average Bonchev–Trinajstić information content (AvgIpc) is 2.79. The maximum absolute atomic E-state index is 14.1. The Hall–Kier alpha value is -3.10. The first-order chi connectivity index (χ1) is 17.1. The van der Waals surface area contributed by atoms with Gasteiger partial charge in [-0.2, -0.15) is 0 Å². The topological polar surface area (TPSA) is 114 Å². The Bertz CT molecular complexity index is 954. The van der Waals surface area contributed by atoms with Crippen LogP contribution in [0.2, 0.25) is 0 Å². The van der Waals surface area contributed by atoms with Crippen LogP contribution in [0.25, 0.3) is 0 Å². The molecular formula is C28H45N3O6. The molecule has 1 aromatic carbocycles. The smallest absolute Gasteiger partial charge is 0.408 e. The molecule has 9 heteroatoms. The highest BCUT2D eigenvalue weighted by Gasteiger charge is 2.39. The molecule has 0 aliphatic rings. The molecule has 208 valence electrons. The maximum atomic E-state index is 14.1. The zero-order valence-corrected chi connectivity index (χ0v) is 24.1. The first kappa shape index (κ1) is 31.9. The fraction of sp³-hybridized carbons (Fsp3) is 0.643. The van der Waals surface area contributed by atoms with Crippen molar-refractivity contribution >= 4 is 23.9 Å². The van der Waals surface area contributed by atoms with Gasteiger partial charge in [-0.25, -0.2) is 4.79 Å². The van der Waals surface area contributed by atoms with Gasteiger partial charge in [0.05, 0.1) is 7.11 Å². The van der Waals surface area contributed by atoms with E-state index in [9.17, 15) is 19.2 Å². The fourth-order valence-corrected chi connectivity index (χ4v) is 3.82. The standard InChI is InChI=1S/C28H45N3O6/c1-11-20(6)31(26(34)22(14-17(2)3)30-27(35)37-28(7,8)9)24(25(33)29-16-23(32)36-10)21-13-12-18(4)19(5)15-21/h12-13,15,17,20,22,24H,11,14,16H2,1-10H3,(H,29,33)(H,30,35). The molecule has 3 unspecified atom stereocenters. The quantitative estimate of drug-likeness (QED) is 0.424. The van der Waals surface area contributed by atoms with Gasteiger partial charge in [-0.3, -0.25) is 14.4 Å². The van der Waals surface area contributed by atoms with E-state index >= 15 is 0 Å². The number of nitrogens with zero attached hydrogens (tertiary/aromatic N) is 1. The number of amides is 3. The minimum Gasteiger partial charge on any atom is -0.468 e. The number of aryl methyl sites for hydroxylation is 2. The number of rotatable bonds is 11. The highest BCUT2D eigenvalue weighted by atomic mass is 16.6. The Morgan fingerprint density at radius 3 is 2.14 bits per heavy atom. The number of nitrogens with one attached hydrogen (secondary N) is 2. The lowest BCUT2D eigenvalue weighted by atomic mass is 9.95. The molecule has 3 atom stereocenters. The number of hydrogen-bond donors (Lipinski definition) is 2. The normalized spacial score (nSPS) is 13.8. The van der Waals surface area contributed by atoms with Gasteiger partial charge in [-0.05, 0) is 77.0 Å². The monoisotopic (exact) mass is 519 g/mol. The molecule has 0 saturated carbocycles. The first-order valence-corrected chi connectivity index (χ1v) is 12.8. The minimum atomic E-state index is -1.03. The summed E-state index contributed by atoms with van der Waals surface area (Å²) < 4.78 is 10.1. The van der Waals surface area contributed by atoms with Gasteiger partial charge in [0.25, 0.3) is 0 Å². The lowest BCUT2D eigenvalue weighted by molar-refractivity contribution is -0.146. The van der Waals surface area contributed by atoms with Crippen LogP contribution in [0.5, 0.6) is 0 Å². The van der Waals surface area contributed by atoms with Crippen LogP contribution < -0.4 is 10.6 Å². The summed E-state index contributed by atoms with van der Waals surface area (Å²) in [5.74, 6) is -1.43. The van der Waals surface area contributed by atoms with E-state index in [4.69, 9.17) is 4.74 Å². The molecule has 0 fully saturated rings. The molecule has 0 heterocycles. The van der Waals surface area contributed by atoms with Gasteiger partial charge in [-0.15, -0.1) is 0 Å². The lowest BCUT2D eigenvalue weighted by Crippen LogP contribution is -2.56. The van der Waals surface area contributed by atoms with E-state index in [1.807, 2.05) is 59.7 Å². The summed E-state index contributed by atoms with van der Waals surface area (Å²) in [4.78, 5) is 53.6. The molecular weight excluding hydrogens is 474 g/mol. The average molecular weight is 520 g/mol. The molecule has 2 N–H and O–H groups in total. The number of hydrogen-bond acceptors (Lipinski definition) is 6. The zero-order chi connectivity index (χ0) is 28.5. The SMILES string of the molecule is CCC(C)N(C(=O)C(CC(C)C)NC(=O)OC(C)(C)C)C(C(=O)NCC(=O)OC)c1ccc(C)c(C)c1. The second kappa shape index (κ2) is 14.0. The number of benzene rings is 1. The molecule has 0 aromatic heterocycles. The number of ether oxygens (including phenoxy) is 2. The number of methoxy groups -OCH3 is 1. The summed E-state index contributed by atoms with van der Waals surface area (Å²) >= 11 is 0. The van der Waals surface area contributed by atoms with Crippen LogP contribution in [-0.4, -0.2) is 60.1 Å². The molecule has 3 amide bonds. The van der Waals surface area contributed by atoms with Gasteiger partial charge in [0.15, 0.2) is 0 Å². The molecule has 0 aliphatic heterocycles. The minimum absolute atomic E-state index is 0.0795. The number of alkyl carbamates (subject to hydrolysis) is 1. The van der Waals surface area contributed by atoms with Crippen LogP contribution in [0.4, 0.5) is 4.79 Å². The van der Waals surface area contributed by atoms with Gasteiger partial charge < -0.3 is 25.0 Å². The molecule has 37 heavy (non-hydrogen) atoms. The molecule has 0 saturated heterocycles. The van der Waals surface area contributed by atoms with Crippen LogP contribution in [0.1, 0.15) is 84.0 Å². The highest BCUT2D eigenvalue weighted by Crippen LogP contribution is 2.28. The van der Waals surface area contributed by atoms with Gasteiger partial charge in [0.2, 0.25) is 11.8 Å². The van der Waals surface area contributed by atoms with E-state index < -0.39 is 41.6 Å². The van der Waals surface area contributed by atoms with Crippen molar-refractivity contribution in [2.75, 3.05) is 13.7 Å². The first-order valence-electron chi connectivity index (χ1n) is 12.8. The van der Waals surface area contributed by atoms with E-state index in [1.54, 1.807) is 20.8 Å². The van der Waals surface area contributed by atoms with Crippen LogP contribution >= 0.6 is 0 Å². The Balaban J connectivity index is 3.57. The van der Waals surface area contributed by atoms with Crippen molar-refractivity contribution in [2.45, 2.75) is 98.9 Å². The third-order valence-electron chi connectivity index (χ3n) is 6.02. The highest BCUT2D eigenvalue weighted by molar-refractivity contribution is 5.93. The zero-order valence-electron chi connectivity index (χ0n) is 24.1. The summed E-state index contributed by atoms with van der Waals surface area (Å²) in [7, 11) is 1.24. The third kappa shape index (κ3) is 10.1. The maximum Gasteiger partial charge on any atom is 0.408 e. The Morgan fingerprint density at radius 1 is 1.03 bits per heavy atom. The van der Waals surface area contributed by atoms with Crippen molar-refractivity contribution in [3.8, 4) is 0 Å². The summed E-state index contributed by atoms with van der Waals surface area (Å²) in [6.45, 7) is 16.5. The Labute approximate surface area is 221 Å². The third-order valence-corrected chi connectivity index (χ3v) is 6.02. The Morgan fingerprint density at radius 2 is 1.65 bits per heavy atom. The van der Waals surface area contributed by atoms with Gasteiger partial charge in [0.1, 0.15) is 24.2 Å². The summed E-state index contributed by atoms with van der Waals surface area (Å²) in [5.41, 5.74) is 1.88. The number of carbonyl (C=O) groups excluding carboxylic acids is 4. The van der Waals surface area contributed by atoms with Crippen LogP contribution in [-0.2, 0) is 23.9 Å².